The monoisotopic (exact) mass is 612 g/mol. The number of piperazine rings is 1. The molecule has 4 rings (SSSR count). The summed E-state index contributed by atoms with van der Waals surface area (Å²) < 4.78 is 57.6. The second kappa shape index (κ2) is 14.2. The second-order valence-corrected chi connectivity index (χ2v) is 12.7. The summed E-state index contributed by atoms with van der Waals surface area (Å²) in [6.07, 6.45) is 5.38. The van der Waals surface area contributed by atoms with E-state index in [-0.39, 0.29) is 23.3 Å². The van der Waals surface area contributed by atoms with Crippen LogP contribution in [0.3, 0.4) is 0 Å². The molecule has 3 aromatic rings. The van der Waals surface area contributed by atoms with Gasteiger partial charge in [0.05, 0.1) is 11.9 Å². The molecule has 2 heterocycles. The largest absolute Gasteiger partial charge is 0.325 e. The third-order valence-electron chi connectivity index (χ3n) is 7.72. The Morgan fingerprint density at radius 1 is 1.19 bits per heavy atom. The van der Waals surface area contributed by atoms with Gasteiger partial charge in [-0.3, -0.25) is 9.48 Å². The van der Waals surface area contributed by atoms with Crippen molar-refractivity contribution in [2.24, 2.45) is 7.05 Å². The molecule has 2 aromatic carbocycles. The lowest BCUT2D eigenvalue weighted by molar-refractivity contribution is -0.120. The highest BCUT2D eigenvalue weighted by molar-refractivity contribution is 7.89. The maximum atomic E-state index is 14.3. The smallest absolute Gasteiger partial charge is 0.246 e. The summed E-state index contributed by atoms with van der Waals surface area (Å²) in [5, 5.41) is 18.2. The number of nitrogens with one attached hydrogen (secondary N) is 3. The summed E-state index contributed by atoms with van der Waals surface area (Å²) in [6, 6.07) is 10.1. The molecule has 0 spiro atoms. The number of carbonyl (C=O) groups is 1. The standard InChI is InChI=1S/C31H38F2N6O3S/c1-4-22(7-10-27-18-35-11-12-39(27)43(41,42)28-19-36-38(3)20-28)30(17-34)37-31(40)16-29(23-5-8-25(32)9-6-23)24-13-21(2)14-26(33)15-24/h5-6,8-9,13-15,17,19-20,27,29,34-35H,4,7,10-12,16,18H2,1-3H3,(H,37,40)/b30-22-,34-17?/t27-,29-/m0/s1. The first kappa shape index (κ1) is 32.2. The van der Waals surface area contributed by atoms with Crippen molar-refractivity contribution in [3.63, 3.8) is 0 Å². The van der Waals surface area contributed by atoms with Crippen LogP contribution in [0.2, 0.25) is 0 Å². The molecule has 1 saturated heterocycles. The number of hydrogen-bond acceptors (Lipinski definition) is 6. The quantitative estimate of drug-likeness (QED) is 0.262. The molecule has 0 unspecified atom stereocenters. The van der Waals surface area contributed by atoms with Gasteiger partial charge in [0.15, 0.2) is 0 Å². The lowest BCUT2D eigenvalue weighted by Gasteiger charge is -2.35. The molecule has 0 aliphatic carbocycles. The summed E-state index contributed by atoms with van der Waals surface area (Å²) in [4.78, 5) is 13.5. The fraction of sp³-hybridized carbons (Fsp3) is 0.387. The third kappa shape index (κ3) is 8.01. The lowest BCUT2D eigenvalue weighted by Crippen LogP contribution is -2.53. The van der Waals surface area contributed by atoms with Crippen LogP contribution < -0.4 is 10.6 Å². The first-order valence-corrected chi connectivity index (χ1v) is 15.7. The van der Waals surface area contributed by atoms with Crippen molar-refractivity contribution in [3.05, 3.63) is 94.5 Å². The third-order valence-corrected chi connectivity index (χ3v) is 9.62. The Balaban J connectivity index is 1.51. The van der Waals surface area contributed by atoms with Gasteiger partial charge >= 0.3 is 0 Å². The molecule has 43 heavy (non-hydrogen) atoms. The zero-order chi connectivity index (χ0) is 31.1. The molecule has 3 N–H and O–H groups in total. The highest BCUT2D eigenvalue weighted by Gasteiger charge is 2.34. The molecule has 1 aromatic heterocycles. The lowest BCUT2D eigenvalue weighted by atomic mass is 9.87. The molecule has 12 heteroatoms. The van der Waals surface area contributed by atoms with Gasteiger partial charge in [-0.2, -0.15) is 9.40 Å². The number of allylic oxidation sites excluding steroid dienone is 2. The van der Waals surface area contributed by atoms with Gasteiger partial charge < -0.3 is 16.0 Å². The summed E-state index contributed by atoms with van der Waals surface area (Å²) in [7, 11) is -2.07. The van der Waals surface area contributed by atoms with Gasteiger partial charge in [0.25, 0.3) is 0 Å². The zero-order valence-electron chi connectivity index (χ0n) is 24.6. The van der Waals surface area contributed by atoms with Crippen molar-refractivity contribution in [1.29, 1.82) is 5.41 Å². The van der Waals surface area contributed by atoms with E-state index in [1.807, 2.05) is 6.92 Å². The number of aryl methyl sites for hydroxylation is 2. The molecule has 1 aliphatic heterocycles. The molecule has 1 aliphatic rings. The number of carbonyl (C=O) groups excluding carboxylic acids is 1. The molecule has 230 valence electrons. The van der Waals surface area contributed by atoms with Crippen LogP contribution in [0, 0.1) is 24.0 Å². The van der Waals surface area contributed by atoms with Crippen LogP contribution in [0.15, 0.2) is 71.0 Å². The van der Waals surface area contributed by atoms with E-state index in [0.29, 0.717) is 61.3 Å². The zero-order valence-corrected chi connectivity index (χ0v) is 25.4. The predicted octanol–water partition coefficient (Wildman–Crippen LogP) is 4.40. The highest BCUT2D eigenvalue weighted by atomic mass is 32.2. The Labute approximate surface area is 251 Å². The van der Waals surface area contributed by atoms with Gasteiger partial charge in [-0.25, -0.2) is 17.2 Å². The normalized spacial score (nSPS) is 17.3. The van der Waals surface area contributed by atoms with E-state index in [4.69, 9.17) is 5.41 Å². The molecule has 0 radical (unpaired) electrons. The van der Waals surface area contributed by atoms with Crippen molar-refractivity contribution in [2.45, 2.75) is 56.4 Å². The van der Waals surface area contributed by atoms with E-state index in [9.17, 15) is 22.0 Å². The van der Waals surface area contributed by atoms with E-state index in [2.05, 4.69) is 15.7 Å². The van der Waals surface area contributed by atoms with Crippen LogP contribution in [0.25, 0.3) is 0 Å². The number of aromatic nitrogens is 2. The minimum absolute atomic E-state index is 0.0491. The molecule has 0 saturated carbocycles. The van der Waals surface area contributed by atoms with Crippen molar-refractivity contribution >= 4 is 22.1 Å². The fourth-order valence-electron chi connectivity index (χ4n) is 5.52. The topological polar surface area (TPSA) is 120 Å². The SMILES string of the molecule is CC/C(CC[C@H]1CNCCN1S(=O)(=O)c1cnn(C)c1)=C(\C=N)NC(=O)C[C@@H](c1ccc(F)cc1)c1cc(C)cc(F)c1. The van der Waals surface area contributed by atoms with Gasteiger partial charge in [-0.15, -0.1) is 0 Å². The Hall–Kier alpha value is -3.74. The number of amides is 1. The first-order valence-electron chi connectivity index (χ1n) is 14.3. The Morgan fingerprint density at radius 3 is 2.56 bits per heavy atom. The van der Waals surface area contributed by atoms with Gasteiger partial charge in [0, 0.05) is 57.5 Å². The summed E-state index contributed by atoms with van der Waals surface area (Å²) in [6.45, 7) is 5.03. The molecule has 0 bridgehead atoms. The number of rotatable bonds is 12. The summed E-state index contributed by atoms with van der Waals surface area (Å²) in [5.74, 6) is -1.75. The summed E-state index contributed by atoms with van der Waals surface area (Å²) in [5.41, 5.74) is 3.12. The van der Waals surface area contributed by atoms with Crippen LogP contribution in [-0.4, -0.2) is 60.3 Å². The fourth-order valence-corrected chi connectivity index (χ4v) is 7.16. The Morgan fingerprint density at radius 2 is 1.93 bits per heavy atom. The van der Waals surface area contributed by atoms with Gasteiger partial charge in [0.2, 0.25) is 15.9 Å². The second-order valence-electron chi connectivity index (χ2n) is 10.8. The van der Waals surface area contributed by atoms with E-state index in [1.54, 1.807) is 32.2 Å². The van der Waals surface area contributed by atoms with Crippen LogP contribution >= 0.6 is 0 Å². The molecule has 1 amide bonds. The van der Waals surface area contributed by atoms with E-state index in [0.717, 1.165) is 11.8 Å². The van der Waals surface area contributed by atoms with Crippen molar-refractivity contribution in [3.8, 4) is 0 Å². The van der Waals surface area contributed by atoms with Crippen LogP contribution in [0.4, 0.5) is 8.78 Å². The molecular formula is C31H38F2N6O3S. The van der Waals surface area contributed by atoms with Gasteiger partial charge in [-0.1, -0.05) is 25.1 Å². The average molecular weight is 613 g/mol. The number of benzene rings is 2. The van der Waals surface area contributed by atoms with Gasteiger partial charge in [-0.05, 0) is 72.7 Å². The Bertz CT molecular complexity index is 1570. The predicted molar refractivity (Wildman–Crippen MR) is 161 cm³/mol. The minimum atomic E-state index is -3.74. The van der Waals surface area contributed by atoms with E-state index in [1.165, 1.54) is 45.6 Å². The molecule has 1 fully saturated rings. The van der Waals surface area contributed by atoms with E-state index < -0.39 is 27.6 Å². The van der Waals surface area contributed by atoms with Crippen molar-refractivity contribution in [2.75, 3.05) is 19.6 Å². The average Bonchev–Trinajstić information content (AvgIpc) is 3.43. The minimum Gasteiger partial charge on any atom is -0.325 e. The number of nitrogens with zero attached hydrogens (tertiary/aromatic N) is 3. The van der Waals surface area contributed by atoms with Crippen LogP contribution in [0.5, 0.6) is 0 Å². The summed E-state index contributed by atoms with van der Waals surface area (Å²) >= 11 is 0. The molecule has 9 nitrogen and oxygen atoms in total. The number of sulfonamides is 1. The number of halogens is 2. The van der Waals surface area contributed by atoms with Crippen molar-refractivity contribution < 1.29 is 22.0 Å². The molecular weight excluding hydrogens is 574 g/mol. The maximum Gasteiger partial charge on any atom is 0.246 e. The van der Waals surface area contributed by atoms with Gasteiger partial charge in [0.1, 0.15) is 16.5 Å². The first-order chi connectivity index (χ1) is 20.5. The maximum absolute atomic E-state index is 14.3. The Kier molecular flexibility index (Phi) is 10.6. The van der Waals surface area contributed by atoms with Crippen LogP contribution in [-0.2, 0) is 21.9 Å². The molecule has 2 atom stereocenters. The van der Waals surface area contributed by atoms with Crippen LogP contribution in [0.1, 0.15) is 55.2 Å². The highest BCUT2D eigenvalue weighted by Crippen LogP contribution is 2.30. The van der Waals surface area contributed by atoms with E-state index >= 15 is 0 Å². The number of hydrogen-bond donors (Lipinski definition) is 3. The van der Waals surface area contributed by atoms with Crippen molar-refractivity contribution in [1.82, 2.24) is 24.7 Å².